The Kier molecular flexibility index (Phi) is 5.62. The van der Waals surface area contributed by atoms with Crippen molar-refractivity contribution in [3.63, 3.8) is 0 Å². The second-order valence-electron chi connectivity index (χ2n) is 6.79. The lowest BCUT2D eigenvalue weighted by Crippen LogP contribution is -2.48. The van der Waals surface area contributed by atoms with Crippen molar-refractivity contribution < 1.29 is 18.7 Å². The van der Waals surface area contributed by atoms with Gasteiger partial charge >= 0.3 is 0 Å². The van der Waals surface area contributed by atoms with Gasteiger partial charge in [-0.25, -0.2) is 4.39 Å². The molecule has 0 aromatic heterocycles. The quantitative estimate of drug-likeness (QED) is 0.749. The molecule has 0 bridgehead atoms. The number of ether oxygens (including phenoxy) is 2. The summed E-state index contributed by atoms with van der Waals surface area (Å²) in [6.07, 6.45) is 0. The minimum Gasteiger partial charge on any atom is -0.486 e. The van der Waals surface area contributed by atoms with Crippen LogP contribution in [0.2, 0.25) is 10.0 Å². The number of piperazine rings is 1. The number of hydrogen-bond donors (Lipinski definition) is 0. The topological polar surface area (TPSA) is 42.0 Å². The van der Waals surface area contributed by atoms with E-state index in [1.54, 1.807) is 23.1 Å². The van der Waals surface area contributed by atoms with Crippen LogP contribution in [0.5, 0.6) is 11.5 Å². The summed E-state index contributed by atoms with van der Waals surface area (Å²) in [5.41, 5.74) is 1.37. The van der Waals surface area contributed by atoms with Crippen LogP contribution in [0.15, 0.2) is 30.3 Å². The molecule has 2 aromatic carbocycles. The van der Waals surface area contributed by atoms with Crippen LogP contribution in [-0.4, -0.2) is 55.1 Å². The highest BCUT2D eigenvalue weighted by Gasteiger charge is 2.25. The van der Waals surface area contributed by atoms with Gasteiger partial charge < -0.3 is 14.4 Å². The minimum absolute atomic E-state index is 0.0849. The number of carbonyl (C=O) groups excluding carboxylic acids is 1. The summed E-state index contributed by atoms with van der Waals surface area (Å²) in [5, 5.41) is 0.801. The highest BCUT2D eigenvalue weighted by Crippen LogP contribution is 2.38. The van der Waals surface area contributed by atoms with Gasteiger partial charge in [0.15, 0.2) is 11.5 Å². The van der Waals surface area contributed by atoms with E-state index in [9.17, 15) is 9.18 Å². The van der Waals surface area contributed by atoms with Crippen molar-refractivity contribution in [2.75, 3.05) is 39.4 Å². The number of carbonyl (C=O) groups is 1. The van der Waals surface area contributed by atoms with Crippen LogP contribution in [-0.2, 0) is 6.54 Å². The van der Waals surface area contributed by atoms with E-state index in [2.05, 4.69) is 4.90 Å². The number of nitrogens with zero attached hydrogens (tertiary/aromatic N) is 2. The minimum atomic E-state index is -0.345. The maximum absolute atomic E-state index is 13.2. The summed E-state index contributed by atoms with van der Waals surface area (Å²) in [6.45, 7) is 4.09. The van der Waals surface area contributed by atoms with E-state index in [1.807, 2.05) is 0 Å². The van der Waals surface area contributed by atoms with Crippen molar-refractivity contribution >= 4 is 29.1 Å². The van der Waals surface area contributed by atoms with E-state index in [-0.39, 0.29) is 11.7 Å². The monoisotopic (exact) mass is 424 g/mol. The average molecular weight is 425 g/mol. The Balaban J connectivity index is 1.39. The molecule has 1 amide bonds. The molecule has 1 fully saturated rings. The number of fused-ring (bicyclic) bond motifs is 1. The smallest absolute Gasteiger partial charge is 0.254 e. The third-order valence-electron chi connectivity index (χ3n) is 4.91. The standard InChI is InChI=1S/C20H19Cl2FN2O3/c21-16-11-15(23)2-1-13(16)12-24-3-5-25(6-4-24)20(26)14-9-17(22)19-18(10-14)27-7-8-28-19/h1-2,9-11H,3-8,12H2. The molecule has 2 heterocycles. The van der Waals surface area contributed by atoms with Gasteiger partial charge in [0, 0.05) is 43.3 Å². The summed E-state index contributed by atoms with van der Waals surface area (Å²) in [4.78, 5) is 16.9. The molecule has 2 aliphatic rings. The van der Waals surface area contributed by atoms with Crippen LogP contribution in [0, 0.1) is 5.82 Å². The van der Waals surface area contributed by atoms with Crippen molar-refractivity contribution in [2.45, 2.75) is 6.54 Å². The zero-order valence-electron chi connectivity index (χ0n) is 15.1. The van der Waals surface area contributed by atoms with E-state index >= 15 is 0 Å². The third kappa shape index (κ3) is 4.04. The lowest BCUT2D eigenvalue weighted by Gasteiger charge is -2.35. The summed E-state index contributed by atoms with van der Waals surface area (Å²) < 4.78 is 24.3. The third-order valence-corrected chi connectivity index (χ3v) is 5.54. The van der Waals surface area contributed by atoms with Crippen molar-refractivity contribution in [3.8, 4) is 11.5 Å². The molecule has 0 radical (unpaired) electrons. The predicted octanol–water partition coefficient (Wildman–Crippen LogP) is 3.86. The van der Waals surface area contributed by atoms with E-state index in [0.29, 0.717) is 73.0 Å². The average Bonchev–Trinajstić information content (AvgIpc) is 2.70. The molecule has 0 saturated carbocycles. The highest BCUT2D eigenvalue weighted by atomic mass is 35.5. The SMILES string of the molecule is O=C(c1cc(Cl)c2c(c1)OCCO2)N1CCN(Cc2ccc(F)cc2Cl)CC1. The van der Waals surface area contributed by atoms with Gasteiger partial charge in [-0.05, 0) is 29.8 Å². The molecule has 0 atom stereocenters. The fraction of sp³-hybridized carbons (Fsp3) is 0.350. The Morgan fingerprint density at radius 3 is 2.50 bits per heavy atom. The zero-order chi connectivity index (χ0) is 19.7. The molecular weight excluding hydrogens is 406 g/mol. The van der Waals surface area contributed by atoms with Crippen molar-refractivity contribution in [1.29, 1.82) is 0 Å². The van der Waals surface area contributed by atoms with E-state index < -0.39 is 0 Å². The van der Waals surface area contributed by atoms with Crippen LogP contribution in [0.4, 0.5) is 4.39 Å². The number of rotatable bonds is 3. The molecule has 0 unspecified atom stereocenters. The first-order chi connectivity index (χ1) is 13.5. The summed E-state index contributed by atoms with van der Waals surface area (Å²) in [6, 6.07) is 7.75. The van der Waals surface area contributed by atoms with Gasteiger partial charge in [-0.15, -0.1) is 0 Å². The molecular formula is C20H19Cl2FN2O3. The molecule has 148 valence electrons. The molecule has 0 spiro atoms. The number of halogens is 3. The fourth-order valence-corrected chi connectivity index (χ4v) is 3.91. The van der Waals surface area contributed by atoms with Gasteiger partial charge in [0.1, 0.15) is 19.0 Å². The van der Waals surface area contributed by atoms with Gasteiger partial charge in [-0.1, -0.05) is 29.3 Å². The summed E-state index contributed by atoms with van der Waals surface area (Å²) in [5.74, 6) is 0.567. The van der Waals surface area contributed by atoms with Crippen molar-refractivity contribution in [3.05, 3.63) is 57.3 Å². The first kappa shape index (κ1) is 19.3. The van der Waals surface area contributed by atoms with E-state index in [1.165, 1.54) is 12.1 Å². The molecule has 5 nitrogen and oxygen atoms in total. The predicted molar refractivity (Wildman–Crippen MR) is 105 cm³/mol. The Labute approximate surface area is 172 Å². The Morgan fingerprint density at radius 1 is 1.00 bits per heavy atom. The molecule has 8 heteroatoms. The summed E-state index contributed by atoms with van der Waals surface area (Å²) >= 11 is 12.4. The van der Waals surface area contributed by atoms with Gasteiger partial charge in [-0.3, -0.25) is 9.69 Å². The molecule has 4 rings (SSSR count). The van der Waals surface area contributed by atoms with Crippen LogP contribution < -0.4 is 9.47 Å². The highest BCUT2D eigenvalue weighted by molar-refractivity contribution is 6.32. The molecule has 1 saturated heterocycles. The molecule has 0 N–H and O–H groups in total. The fourth-order valence-electron chi connectivity index (χ4n) is 3.42. The van der Waals surface area contributed by atoms with Crippen LogP contribution in [0.1, 0.15) is 15.9 Å². The molecule has 2 aliphatic heterocycles. The molecule has 2 aromatic rings. The van der Waals surface area contributed by atoms with Gasteiger partial charge in [0.2, 0.25) is 0 Å². The maximum Gasteiger partial charge on any atom is 0.254 e. The zero-order valence-corrected chi connectivity index (χ0v) is 16.6. The van der Waals surface area contributed by atoms with Gasteiger partial charge in [0.25, 0.3) is 5.91 Å². The van der Waals surface area contributed by atoms with Gasteiger partial charge in [-0.2, -0.15) is 0 Å². The lowest BCUT2D eigenvalue weighted by molar-refractivity contribution is 0.0627. The van der Waals surface area contributed by atoms with E-state index in [0.717, 1.165) is 5.56 Å². The Bertz CT molecular complexity index is 901. The van der Waals surface area contributed by atoms with Crippen molar-refractivity contribution in [1.82, 2.24) is 9.80 Å². The van der Waals surface area contributed by atoms with Gasteiger partial charge in [0.05, 0.1) is 5.02 Å². The number of hydrogen-bond acceptors (Lipinski definition) is 4. The lowest BCUT2D eigenvalue weighted by atomic mass is 10.1. The number of amides is 1. The second kappa shape index (κ2) is 8.15. The first-order valence-electron chi connectivity index (χ1n) is 9.06. The van der Waals surface area contributed by atoms with Crippen LogP contribution >= 0.6 is 23.2 Å². The maximum atomic E-state index is 13.2. The molecule has 0 aliphatic carbocycles. The Hall–Kier alpha value is -2.02. The first-order valence-corrected chi connectivity index (χ1v) is 9.81. The van der Waals surface area contributed by atoms with Crippen LogP contribution in [0.25, 0.3) is 0 Å². The normalized spacial score (nSPS) is 16.9. The van der Waals surface area contributed by atoms with Crippen molar-refractivity contribution in [2.24, 2.45) is 0 Å². The largest absolute Gasteiger partial charge is 0.486 e. The Morgan fingerprint density at radius 2 is 1.75 bits per heavy atom. The number of benzene rings is 2. The van der Waals surface area contributed by atoms with Crippen LogP contribution in [0.3, 0.4) is 0 Å². The molecule has 28 heavy (non-hydrogen) atoms. The van der Waals surface area contributed by atoms with E-state index in [4.69, 9.17) is 32.7 Å². The second-order valence-corrected chi connectivity index (χ2v) is 7.60. The summed E-state index contributed by atoms with van der Waals surface area (Å²) in [7, 11) is 0.